The van der Waals surface area contributed by atoms with Crippen LogP contribution in [0.4, 0.5) is 10.5 Å². The molecular weight excluding hydrogens is 374 g/mol. The van der Waals surface area contributed by atoms with Gasteiger partial charge >= 0.3 is 6.03 Å². The number of thiazole rings is 1. The normalized spacial score (nSPS) is 12.5. The topological polar surface area (TPSA) is 72.5 Å². The lowest BCUT2D eigenvalue weighted by Crippen LogP contribution is -2.31. The van der Waals surface area contributed by atoms with E-state index in [0.717, 1.165) is 16.3 Å². The number of aromatic nitrogens is 1. The largest absolute Gasteiger partial charge is 0.486 e. The number of hydrogen-bond acceptors (Lipinski definition) is 5. The van der Waals surface area contributed by atoms with Gasteiger partial charge in [0.25, 0.3) is 0 Å². The molecule has 0 saturated heterocycles. The van der Waals surface area contributed by atoms with E-state index in [1.165, 1.54) is 5.56 Å². The zero-order chi connectivity index (χ0) is 19.3. The lowest BCUT2D eigenvalue weighted by atomic mass is 10.2. The summed E-state index contributed by atoms with van der Waals surface area (Å²) < 4.78 is 11.1. The minimum Gasteiger partial charge on any atom is -0.486 e. The Hall–Kier alpha value is -3.06. The first-order valence-electron chi connectivity index (χ1n) is 9.14. The number of carbonyl (C=O) groups is 1. The third kappa shape index (κ3) is 4.26. The second-order valence-corrected chi connectivity index (χ2v) is 7.33. The summed E-state index contributed by atoms with van der Waals surface area (Å²) in [5, 5.41) is 8.71. The van der Waals surface area contributed by atoms with Crippen LogP contribution < -0.4 is 20.1 Å². The van der Waals surface area contributed by atoms with Gasteiger partial charge in [0.05, 0.1) is 11.4 Å². The predicted octanol–water partition coefficient (Wildman–Crippen LogP) is 4.25. The van der Waals surface area contributed by atoms with Gasteiger partial charge in [-0.2, -0.15) is 0 Å². The molecule has 2 heterocycles. The highest BCUT2D eigenvalue weighted by molar-refractivity contribution is 7.13. The Balaban J connectivity index is 1.30. The van der Waals surface area contributed by atoms with Gasteiger partial charge in [-0.1, -0.05) is 35.9 Å². The van der Waals surface area contributed by atoms with Crippen molar-refractivity contribution < 1.29 is 14.3 Å². The molecule has 0 atom stereocenters. The van der Waals surface area contributed by atoms with Gasteiger partial charge in [0.2, 0.25) is 0 Å². The van der Waals surface area contributed by atoms with E-state index in [9.17, 15) is 4.79 Å². The first kappa shape index (κ1) is 18.3. The number of nitrogens with zero attached hydrogens (tertiary/aromatic N) is 1. The molecule has 1 aliphatic heterocycles. The van der Waals surface area contributed by atoms with Gasteiger partial charge in [0.1, 0.15) is 18.2 Å². The third-order valence-electron chi connectivity index (χ3n) is 4.33. The van der Waals surface area contributed by atoms with Crippen LogP contribution in [-0.2, 0) is 6.42 Å². The van der Waals surface area contributed by atoms with Gasteiger partial charge in [0, 0.05) is 23.9 Å². The average molecular weight is 395 g/mol. The minimum absolute atomic E-state index is 0.281. The number of benzene rings is 2. The summed E-state index contributed by atoms with van der Waals surface area (Å²) in [5.74, 6) is 1.22. The number of carbonyl (C=O) groups excluding carboxylic acids is 1. The number of nitrogens with one attached hydrogen (secondary N) is 2. The van der Waals surface area contributed by atoms with E-state index in [-0.39, 0.29) is 6.03 Å². The number of ether oxygens (including phenoxy) is 2. The number of aryl methyl sites for hydroxylation is 1. The van der Waals surface area contributed by atoms with E-state index in [1.807, 2.05) is 17.5 Å². The fraction of sp³-hybridized carbons (Fsp3) is 0.238. The number of urea groups is 1. The van der Waals surface area contributed by atoms with Crippen LogP contribution in [0.3, 0.4) is 0 Å². The monoisotopic (exact) mass is 395 g/mol. The molecular formula is C21H21N3O3S. The maximum atomic E-state index is 12.2. The van der Waals surface area contributed by atoms with Crippen LogP contribution in [0.5, 0.6) is 11.5 Å². The molecule has 2 amide bonds. The summed E-state index contributed by atoms with van der Waals surface area (Å²) in [7, 11) is 0. The molecule has 6 nitrogen and oxygen atoms in total. The Kier molecular flexibility index (Phi) is 5.43. The maximum Gasteiger partial charge on any atom is 0.319 e. The number of para-hydroxylation sites is 1. The number of rotatable bonds is 5. The van der Waals surface area contributed by atoms with Crippen molar-refractivity contribution in [2.75, 3.05) is 25.1 Å². The molecule has 7 heteroatoms. The summed E-state index contributed by atoms with van der Waals surface area (Å²) >= 11 is 1.62. The van der Waals surface area contributed by atoms with E-state index in [1.54, 1.807) is 17.4 Å². The number of anilines is 1. The molecule has 2 N–H and O–H groups in total. The Morgan fingerprint density at radius 3 is 2.82 bits per heavy atom. The van der Waals surface area contributed by atoms with Crippen LogP contribution in [0, 0.1) is 6.92 Å². The molecule has 0 bridgehead atoms. The smallest absolute Gasteiger partial charge is 0.319 e. The predicted molar refractivity (Wildman–Crippen MR) is 110 cm³/mol. The second kappa shape index (κ2) is 8.31. The van der Waals surface area contributed by atoms with Crippen LogP contribution in [0.2, 0.25) is 0 Å². The zero-order valence-corrected chi connectivity index (χ0v) is 16.3. The Bertz CT molecular complexity index is 969. The Labute approximate surface area is 167 Å². The van der Waals surface area contributed by atoms with E-state index >= 15 is 0 Å². The fourth-order valence-corrected chi connectivity index (χ4v) is 3.75. The highest BCUT2D eigenvalue weighted by Gasteiger charge is 2.17. The standard InChI is InChI=1S/C21H21N3O3S/c1-14-5-7-15(8-6-14)20-23-16(13-28-20)9-10-22-21(25)24-17-3-2-4-18-19(17)27-12-11-26-18/h2-8,13H,9-12H2,1H3,(H2,22,24,25). The van der Waals surface area contributed by atoms with Crippen molar-refractivity contribution in [2.45, 2.75) is 13.3 Å². The van der Waals surface area contributed by atoms with Crippen molar-refractivity contribution >= 4 is 23.1 Å². The molecule has 0 radical (unpaired) electrons. The second-order valence-electron chi connectivity index (χ2n) is 6.47. The van der Waals surface area contributed by atoms with E-state index < -0.39 is 0 Å². The van der Waals surface area contributed by atoms with Crippen LogP contribution >= 0.6 is 11.3 Å². The van der Waals surface area contributed by atoms with Crippen molar-refractivity contribution in [1.82, 2.24) is 10.3 Å². The van der Waals surface area contributed by atoms with Crippen molar-refractivity contribution in [1.29, 1.82) is 0 Å². The molecule has 0 saturated carbocycles. The highest BCUT2D eigenvalue weighted by atomic mass is 32.1. The van der Waals surface area contributed by atoms with Crippen LogP contribution in [0.1, 0.15) is 11.3 Å². The van der Waals surface area contributed by atoms with Crippen LogP contribution in [0.15, 0.2) is 47.8 Å². The maximum absolute atomic E-state index is 12.2. The summed E-state index contributed by atoms with van der Waals surface area (Å²) in [5.41, 5.74) is 3.91. The molecule has 4 rings (SSSR count). The molecule has 0 spiro atoms. The Morgan fingerprint density at radius 2 is 1.96 bits per heavy atom. The minimum atomic E-state index is -0.281. The number of hydrogen-bond donors (Lipinski definition) is 2. The highest BCUT2D eigenvalue weighted by Crippen LogP contribution is 2.37. The molecule has 0 fully saturated rings. The van der Waals surface area contributed by atoms with Gasteiger partial charge in [-0.15, -0.1) is 11.3 Å². The van der Waals surface area contributed by atoms with Gasteiger partial charge in [-0.05, 0) is 19.1 Å². The summed E-state index contributed by atoms with van der Waals surface area (Å²) in [6.45, 7) is 3.55. The third-order valence-corrected chi connectivity index (χ3v) is 5.27. The van der Waals surface area contributed by atoms with Gasteiger partial charge in [-0.3, -0.25) is 0 Å². The van der Waals surface area contributed by atoms with Crippen molar-refractivity contribution in [3.63, 3.8) is 0 Å². The van der Waals surface area contributed by atoms with Crippen LogP contribution in [-0.4, -0.2) is 30.8 Å². The summed E-state index contributed by atoms with van der Waals surface area (Å²) in [6, 6.07) is 13.5. The molecule has 144 valence electrons. The fourth-order valence-electron chi connectivity index (χ4n) is 2.89. The molecule has 3 aromatic rings. The van der Waals surface area contributed by atoms with E-state index in [2.05, 4.69) is 46.8 Å². The Morgan fingerprint density at radius 1 is 1.14 bits per heavy atom. The average Bonchev–Trinajstić information content (AvgIpc) is 3.18. The van der Waals surface area contributed by atoms with E-state index in [0.29, 0.717) is 43.4 Å². The first-order valence-corrected chi connectivity index (χ1v) is 10.0. The molecule has 1 aliphatic rings. The van der Waals surface area contributed by atoms with E-state index in [4.69, 9.17) is 9.47 Å². The van der Waals surface area contributed by atoms with Crippen molar-refractivity contribution in [3.8, 4) is 22.1 Å². The quantitative estimate of drug-likeness (QED) is 0.677. The van der Waals surface area contributed by atoms with Crippen LogP contribution in [0.25, 0.3) is 10.6 Å². The first-order chi connectivity index (χ1) is 13.7. The zero-order valence-electron chi connectivity index (χ0n) is 15.5. The summed E-state index contributed by atoms with van der Waals surface area (Å²) in [4.78, 5) is 16.9. The SMILES string of the molecule is Cc1ccc(-c2nc(CCNC(=O)Nc3cccc4c3OCCO4)cs2)cc1. The van der Waals surface area contributed by atoms with Gasteiger partial charge in [-0.25, -0.2) is 9.78 Å². The molecule has 2 aromatic carbocycles. The summed E-state index contributed by atoms with van der Waals surface area (Å²) in [6.07, 6.45) is 0.669. The lowest BCUT2D eigenvalue weighted by molar-refractivity contribution is 0.172. The van der Waals surface area contributed by atoms with Gasteiger partial charge < -0.3 is 20.1 Å². The molecule has 28 heavy (non-hydrogen) atoms. The van der Waals surface area contributed by atoms with Gasteiger partial charge in [0.15, 0.2) is 11.5 Å². The number of fused-ring (bicyclic) bond motifs is 1. The van der Waals surface area contributed by atoms with Crippen molar-refractivity contribution in [2.24, 2.45) is 0 Å². The number of amides is 2. The van der Waals surface area contributed by atoms with Crippen molar-refractivity contribution in [3.05, 3.63) is 59.1 Å². The molecule has 1 aromatic heterocycles. The lowest BCUT2D eigenvalue weighted by Gasteiger charge is -2.21. The molecule has 0 unspecified atom stereocenters. The molecule has 0 aliphatic carbocycles.